The highest BCUT2D eigenvalue weighted by Gasteiger charge is 2.30. The quantitative estimate of drug-likeness (QED) is 0.912. The van der Waals surface area contributed by atoms with Crippen molar-refractivity contribution in [1.29, 1.82) is 0 Å². The number of carbonyl (C=O) groups excluding carboxylic acids is 1. The van der Waals surface area contributed by atoms with Crippen molar-refractivity contribution in [2.24, 2.45) is 0 Å². The van der Waals surface area contributed by atoms with Crippen LogP contribution in [0.4, 0.5) is 9.18 Å². The van der Waals surface area contributed by atoms with Crippen LogP contribution in [-0.2, 0) is 4.74 Å². The first kappa shape index (κ1) is 16.7. The molecule has 0 aliphatic carbocycles. The first-order valence-corrected chi connectivity index (χ1v) is 7.73. The maximum atomic E-state index is 13.0. The van der Waals surface area contributed by atoms with Gasteiger partial charge in [-0.3, -0.25) is 0 Å². The van der Waals surface area contributed by atoms with Gasteiger partial charge in [0.05, 0.1) is 0 Å². The Hall–Kier alpha value is -1.62. The fourth-order valence-corrected chi connectivity index (χ4v) is 2.60. The van der Waals surface area contributed by atoms with Gasteiger partial charge in [0.15, 0.2) is 0 Å². The highest BCUT2D eigenvalue weighted by Crippen LogP contribution is 2.22. The van der Waals surface area contributed by atoms with Crippen LogP contribution in [0.15, 0.2) is 24.3 Å². The summed E-state index contributed by atoms with van der Waals surface area (Å²) in [6.45, 7) is 9.65. The summed E-state index contributed by atoms with van der Waals surface area (Å²) in [5.41, 5.74) is 0.574. The number of nitrogens with one attached hydrogen (secondary N) is 1. The molecule has 2 unspecified atom stereocenters. The van der Waals surface area contributed by atoms with Gasteiger partial charge >= 0.3 is 6.09 Å². The number of hydrogen-bond donors (Lipinski definition) is 1. The standard InChI is InChI=1S/C17H25FN2O2/c1-12(13-5-7-14(18)8-6-13)15-11-20(10-9-19-15)16(21)22-17(2,3)4/h5-8,12,15,19H,9-11H2,1-4H3. The Morgan fingerprint density at radius 2 is 2.00 bits per heavy atom. The topological polar surface area (TPSA) is 41.6 Å². The van der Waals surface area contributed by atoms with E-state index in [-0.39, 0.29) is 23.9 Å². The molecule has 1 N–H and O–H groups in total. The number of amides is 1. The van der Waals surface area contributed by atoms with Crippen molar-refractivity contribution in [3.8, 4) is 0 Å². The molecule has 1 heterocycles. The smallest absolute Gasteiger partial charge is 0.410 e. The Balaban J connectivity index is 2.00. The van der Waals surface area contributed by atoms with E-state index in [4.69, 9.17) is 4.74 Å². The molecule has 1 aromatic rings. The highest BCUT2D eigenvalue weighted by atomic mass is 19.1. The molecule has 1 fully saturated rings. The van der Waals surface area contributed by atoms with Crippen LogP contribution in [0, 0.1) is 5.82 Å². The van der Waals surface area contributed by atoms with E-state index in [0.29, 0.717) is 13.1 Å². The van der Waals surface area contributed by atoms with Crippen molar-refractivity contribution in [1.82, 2.24) is 10.2 Å². The van der Waals surface area contributed by atoms with Crippen molar-refractivity contribution in [2.75, 3.05) is 19.6 Å². The molecule has 0 radical (unpaired) electrons. The minimum Gasteiger partial charge on any atom is -0.444 e. The summed E-state index contributed by atoms with van der Waals surface area (Å²) in [6, 6.07) is 6.68. The first-order chi connectivity index (χ1) is 10.3. The van der Waals surface area contributed by atoms with Crippen LogP contribution in [0.3, 0.4) is 0 Å². The van der Waals surface area contributed by atoms with Crippen LogP contribution in [0.2, 0.25) is 0 Å². The lowest BCUT2D eigenvalue weighted by atomic mass is 9.92. The van der Waals surface area contributed by atoms with E-state index in [1.165, 1.54) is 12.1 Å². The van der Waals surface area contributed by atoms with E-state index in [1.54, 1.807) is 17.0 Å². The number of rotatable bonds is 2. The second-order valence-electron chi connectivity index (χ2n) is 6.83. The molecule has 1 amide bonds. The van der Waals surface area contributed by atoms with Gasteiger partial charge in [-0.25, -0.2) is 9.18 Å². The average molecular weight is 308 g/mol. The summed E-state index contributed by atoms with van der Waals surface area (Å²) < 4.78 is 18.5. The van der Waals surface area contributed by atoms with Gasteiger partial charge in [0, 0.05) is 25.7 Å². The zero-order valence-electron chi connectivity index (χ0n) is 13.7. The molecular weight excluding hydrogens is 283 g/mol. The molecule has 1 aliphatic heterocycles. The number of hydrogen-bond acceptors (Lipinski definition) is 3. The number of piperazine rings is 1. The molecule has 0 bridgehead atoms. The lowest BCUT2D eigenvalue weighted by molar-refractivity contribution is 0.0188. The number of nitrogens with zero attached hydrogens (tertiary/aromatic N) is 1. The van der Waals surface area contributed by atoms with Crippen molar-refractivity contribution < 1.29 is 13.9 Å². The zero-order valence-corrected chi connectivity index (χ0v) is 13.7. The fourth-order valence-electron chi connectivity index (χ4n) is 2.60. The van der Waals surface area contributed by atoms with E-state index in [2.05, 4.69) is 12.2 Å². The Kier molecular flexibility index (Phi) is 5.06. The lowest BCUT2D eigenvalue weighted by Gasteiger charge is -2.37. The fraction of sp³-hybridized carbons (Fsp3) is 0.588. The molecule has 0 aromatic heterocycles. The van der Waals surface area contributed by atoms with Gasteiger partial charge in [0.2, 0.25) is 0 Å². The number of carbonyl (C=O) groups is 1. The predicted octanol–water partition coefficient (Wildman–Crippen LogP) is 3.14. The Bertz CT molecular complexity index is 510. The summed E-state index contributed by atoms with van der Waals surface area (Å²) in [6.07, 6.45) is -0.273. The minimum absolute atomic E-state index is 0.131. The highest BCUT2D eigenvalue weighted by molar-refractivity contribution is 5.68. The number of halogens is 1. The summed E-state index contributed by atoms with van der Waals surface area (Å²) in [4.78, 5) is 13.9. The molecular formula is C17H25FN2O2. The summed E-state index contributed by atoms with van der Waals surface area (Å²) >= 11 is 0. The van der Waals surface area contributed by atoms with Crippen LogP contribution >= 0.6 is 0 Å². The van der Waals surface area contributed by atoms with Crippen molar-refractivity contribution in [2.45, 2.75) is 45.3 Å². The van der Waals surface area contributed by atoms with Gasteiger partial charge in [0.1, 0.15) is 11.4 Å². The molecule has 1 saturated heterocycles. The molecule has 2 atom stereocenters. The zero-order chi connectivity index (χ0) is 16.3. The van der Waals surface area contributed by atoms with E-state index in [0.717, 1.165) is 12.1 Å². The van der Waals surface area contributed by atoms with Gasteiger partial charge in [0.25, 0.3) is 0 Å². The summed E-state index contributed by atoms with van der Waals surface area (Å²) in [7, 11) is 0. The van der Waals surface area contributed by atoms with Gasteiger partial charge in [-0.2, -0.15) is 0 Å². The third-order valence-electron chi connectivity index (χ3n) is 3.86. The molecule has 4 nitrogen and oxygen atoms in total. The van der Waals surface area contributed by atoms with Gasteiger partial charge in [-0.15, -0.1) is 0 Å². The van der Waals surface area contributed by atoms with Crippen molar-refractivity contribution >= 4 is 6.09 Å². The molecule has 5 heteroatoms. The Labute approximate surface area is 131 Å². The molecule has 1 aliphatic rings. The van der Waals surface area contributed by atoms with Gasteiger partial charge in [-0.1, -0.05) is 19.1 Å². The van der Waals surface area contributed by atoms with Crippen LogP contribution in [0.1, 0.15) is 39.2 Å². The third kappa shape index (κ3) is 4.44. The Morgan fingerprint density at radius 1 is 1.36 bits per heavy atom. The van der Waals surface area contributed by atoms with Gasteiger partial charge < -0.3 is 15.0 Å². The van der Waals surface area contributed by atoms with Crippen LogP contribution < -0.4 is 5.32 Å². The largest absolute Gasteiger partial charge is 0.444 e. The van der Waals surface area contributed by atoms with E-state index >= 15 is 0 Å². The molecule has 122 valence electrons. The summed E-state index contributed by atoms with van der Waals surface area (Å²) in [5.74, 6) is -0.0474. The van der Waals surface area contributed by atoms with Gasteiger partial charge in [-0.05, 0) is 44.4 Å². The second kappa shape index (κ2) is 6.65. The van der Waals surface area contributed by atoms with Crippen LogP contribution in [-0.4, -0.2) is 42.3 Å². The molecule has 0 spiro atoms. The second-order valence-corrected chi connectivity index (χ2v) is 6.83. The summed E-state index contributed by atoms with van der Waals surface area (Å²) in [5, 5.41) is 3.44. The number of ether oxygens (including phenoxy) is 1. The third-order valence-corrected chi connectivity index (χ3v) is 3.86. The van der Waals surface area contributed by atoms with Crippen LogP contribution in [0.25, 0.3) is 0 Å². The molecule has 1 aromatic carbocycles. The average Bonchev–Trinajstić information content (AvgIpc) is 2.46. The van der Waals surface area contributed by atoms with E-state index < -0.39 is 5.60 Å². The maximum Gasteiger partial charge on any atom is 0.410 e. The van der Waals surface area contributed by atoms with Crippen molar-refractivity contribution in [3.63, 3.8) is 0 Å². The van der Waals surface area contributed by atoms with E-state index in [9.17, 15) is 9.18 Å². The van der Waals surface area contributed by atoms with E-state index in [1.807, 2.05) is 20.8 Å². The normalized spacial score (nSPS) is 20.6. The monoisotopic (exact) mass is 308 g/mol. The van der Waals surface area contributed by atoms with Crippen molar-refractivity contribution in [3.05, 3.63) is 35.6 Å². The Morgan fingerprint density at radius 3 is 2.59 bits per heavy atom. The molecule has 0 saturated carbocycles. The predicted molar refractivity (Wildman–Crippen MR) is 84.4 cm³/mol. The minimum atomic E-state index is -0.486. The maximum absolute atomic E-state index is 13.0. The first-order valence-electron chi connectivity index (χ1n) is 7.73. The molecule has 22 heavy (non-hydrogen) atoms. The van der Waals surface area contributed by atoms with Crippen LogP contribution in [0.5, 0.6) is 0 Å². The number of benzene rings is 1. The lowest BCUT2D eigenvalue weighted by Crippen LogP contribution is -2.55. The molecule has 2 rings (SSSR count). The SMILES string of the molecule is CC(c1ccc(F)cc1)C1CN(C(=O)OC(C)(C)C)CCN1.